The van der Waals surface area contributed by atoms with E-state index in [-0.39, 0.29) is 5.91 Å². The van der Waals surface area contributed by atoms with Crippen LogP contribution in [0, 0.1) is 11.3 Å². The first-order valence-corrected chi connectivity index (χ1v) is 6.28. The van der Waals surface area contributed by atoms with E-state index in [9.17, 15) is 4.79 Å². The SMILES string of the molecule is N#CCc1ccc(NC(=O)[C@H](N)c2ccccc2)cc1. The third-order valence-electron chi connectivity index (χ3n) is 2.95. The van der Waals surface area contributed by atoms with Gasteiger partial charge in [-0.1, -0.05) is 42.5 Å². The van der Waals surface area contributed by atoms with E-state index in [2.05, 4.69) is 11.4 Å². The van der Waals surface area contributed by atoms with Gasteiger partial charge < -0.3 is 11.1 Å². The van der Waals surface area contributed by atoms with Crippen molar-refractivity contribution < 1.29 is 4.79 Å². The van der Waals surface area contributed by atoms with Crippen molar-refractivity contribution in [2.45, 2.75) is 12.5 Å². The fourth-order valence-electron chi connectivity index (χ4n) is 1.83. The van der Waals surface area contributed by atoms with Crippen molar-refractivity contribution in [3.63, 3.8) is 0 Å². The van der Waals surface area contributed by atoms with Crippen LogP contribution < -0.4 is 11.1 Å². The standard InChI is InChI=1S/C16H15N3O/c17-11-10-12-6-8-14(9-7-12)19-16(20)15(18)13-4-2-1-3-5-13/h1-9,15H,10,18H2,(H,19,20)/t15-/m1/s1. The summed E-state index contributed by atoms with van der Waals surface area (Å²) in [7, 11) is 0. The highest BCUT2D eigenvalue weighted by Gasteiger charge is 2.15. The lowest BCUT2D eigenvalue weighted by Gasteiger charge is -2.12. The normalized spacial score (nSPS) is 11.4. The molecule has 1 amide bonds. The molecular weight excluding hydrogens is 250 g/mol. The Bertz CT molecular complexity index is 614. The molecular formula is C16H15N3O. The zero-order chi connectivity index (χ0) is 14.4. The molecule has 4 nitrogen and oxygen atoms in total. The molecule has 0 aliphatic heterocycles. The first kappa shape index (κ1) is 13.8. The van der Waals surface area contributed by atoms with Crippen LogP contribution in [0.2, 0.25) is 0 Å². The molecule has 0 fully saturated rings. The molecule has 0 heterocycles. The molecule has 0 spiro atoms. The molecule has 1 atom stereocenters. The van der Waals surface area contributed by atoms with Gasteiger partial charge in [-0.3, -0.25) is 4.79 Å². The van der Waals surface area contributed by atoms with Crippen LogP contribution in [0.25, 0.3) is 0 Å². The third kappa shape index (κ3) is 3.44. The third-order valence-corrected chi connectivity index (χ3v) is 2.95. The zero-order valence-corrected chi connectivity index (χ0v) is 10.9. The van der Waals surface area contributed by atoms with E-state index in [0.29, 0.717) is 12.1 Å². The Labute approximate surface area is 117 Å². The monoisotopic (exact) mass is 265 g/mol. The second-order valence-electron chi connectivity index (χ2n) is 4.41. The van der Waals surface area contributed by atoms with Gasteiger partial charge in [0.2, 0.25) is 5.91 Å². The summed E-state index contributed by atoms with van der Waals surface area (Å²) >= 11 is 0. The lowest BCUT2D eigenvalue weighted by Crippen LogP contribution is -2.27. The fraction of sp³-hybridized carbons (Fsp3) is 0.125. The van der Waals surface area contributed by atoms with Gasteiger partial charge in [-0.25, -0.2) is 0 Å². The van der Waals surface area contributed by atoms with E-state index in [1.54, 1.807) is 12.1 Å². The topological polar surface area (TPSA) is 78.9 Å². The molecule has 2 aromatic rings. The Morgan fingerprint density at radius 1 is 1.15 bits per heavy atom. The lowest BCUT2D eigenvalue weighted by atomic mass is 10.1. The lowest BCUT2D eigenvalue weighted by molar-refractivity contribution is -0.117. The number of amides is 1. The molecule has 4 heteroatoms. The molecule has 0 aliphatic rings. The van der Waals surface area contributed by atoms with Crippen molar-refractivity contribution in [2.24, 2.45) is 5.73 Å². The molecule has 0 unspecified atom stereocenters. The number of hydrogen-bond acceptors (Lipinski definition) is 3. The number of nitriles is 1. The number of benzene rings is 2. The minimum atomic E-state index is -0.699. The Morgan fingerprint density at radius 2 is 1.80 bits per heavy atom. The number of nitrogens with one attached hydrogen (secondary N) is 1. The predicted molar refractivity (Wildman–Crippen MR) is 77.8 cm³/mol. The summed E-state index contributed by atoms with van der Waals surface area (Å²) in [4.78, 5) is 12.0. The molecule has 20 heavy (non-hydrogen) atoms. The van der Waals surface area contributed by atoms with E-state index in [1.807, 2.05) is 42.5 Å². The van der Waals surface area contributed by atoms with Crippen molar-refractivity contribution in [3.8, 4) is 6.07 Å². The minimum Gasteiger partial charge on any atom is -0.324 e. The van der Waals surface area contributed by atoms with E-state index in [4.69, 9.17) is 11.0 Å². The van der Waals surface area contributed by atoms with Gasteiger partial charge in [0, 0.05) is 5.69 Å². The first-order valence-electron chi connectivity index (χ1n) is 6.28. The van der Waals surface area contributed by atoms with Gasteiger partial charge in [0.25, 0.3) is 0 Å². The zero-order valence-electron chi connectivity index (χ0n) is 10.9. The van der Waals surface area contributed by atoms with Crippen molar-refractivity contribution in [3.05, 3.63) is 65.7 Å². The Hall–Kier alpha value is -2.64. The maximum absolute atomic E-state index is 12.0. The molecule has 0 saturated heterocycles. The second kappa shape index (κ2) is 6.50. The Morgan fingerprint density at radius 3 is 2.40 bits per heavy atom. The summed E-state index contributed by atoms with van der Waals surface area (Å²) in [6, 6.07) is 17.7. The van der Waals surface area contributed by atoms with Crippen LogP contribution in [0.4, 0.5) is 5.69 Å². The first-order chi connectivity index (χ1) is 9.70. The van der Waals surface area contributed by atoms with Gasteiger partial charge in [0.05, 0.1) is 12.5 Å². The summed E-state index contributed by atoms with van der Waals surface area (Å²) < 4.78 is 0. The van der Waals surface area contributed by atoms with E-state index in [1.165, 1.54) is 0 Å². The highest BCUT2D eigenvalue weighted by molar-refractivity contribution is 5.95. The largest absolute Gasteiger partial charge is 0.324 e. The number of nitrogens with two attached hydrogens (primary N) is 1. The summed E-state index contributed by atoms with van der Waals surface area (Å²) in [5.41, 5.74) is 8.26. The predicted octanol–water partition coefficient (Wildman–Crippen LogP) is 2.39. The average molecular weight is 265 g/mol. The molecule has 0 bridgehead atoms. The smallest absolute Gasteiger partial charge is 0.245 e. The van der Waals surface area contributed by atoms with Crippen LogP contribution in [-0.2, 0) is 11.2 Å². The number of rotatable bonds is 4. The quantitative estimate of drug-likeness (QED) is 0.890. The Kier molecular flexibility index (Phi) is 4.48. The summed E-state index contributed by atoms with van der Waals surface area (Å²) in [6.45, 7) is 0. The molecule has 3 N–H and O–H groups in total. The summed E-state index contributed by atoms with van der Waals surface area (Å²) in [5.74, 6) is -0.260. The van der Waals surface area contributed by atoms with E-state index in [0.717, 1.165) is 11.1 Å². The fourth-order valence-corrected chi connectivity index (χ4v) is 1.83. The molecule has 2 rings (SSSR count). The van der Waals surface area contributed by atoms with Crippen LogP contribution in [0.1, 0.15) is 17.2 Å². The van der Waals surface area contributed by atoms with E-state index < -0.39 is 6.04 Å². The highest BCUT2D eigenvalue weighted by atomic mass is 16.2. The minimum absolute atomic E-state index is 0.260. The van der Waals surface area contributed by atoms with Crippen LogP contribution in [0.3, 0.4) is 0 Å². The molecule has 100 valence electrons. The van der Waals surface area contributed by atoms with Crippen molar-refractivity contribution in [2.75, 3.05) is 5.32 Å². The number of carbonyl (C=O) groups excluding carboxylic acids is 1. The van der Waals surface area contributed by atoms with Gasteiger partial charge in [0.15, 0.2) is 0 Å². The van der Waals surface area contributed by atoms with E-state index >= 15 is 0 Å². The van der Waals surface area contributed by atoms with Gasteiger partial charge in [-0.15, -0.1) is 0 Å². The molecule has 0 radical (unpaired) electrons. The van der Waals surface area contributed by atoms with Crippen molar-refractivity contribution in [1.82, 2.24) is 0 Å². The summed E-state index contributed by atoms with van der Waals surface area (Å²) in [5, 5.41) is 11.4. The van der Waals surface area contributed by atoms with Crippen molar-refractivity contribution in [1.29, 1.82) is 5.26 Å². The van der Waals surface area contributed by atoms with Gasteiger partial charge in [0.1, 0.15) is 6.04 Å². The maximum atomic E-state index is 12.0. The van der Waals surface area contributed by atoms with Crippen LogP contribution >= 0.6 is 0 Å². The average Bonchev–Trinajstić information content (AvgIpc) is 2.49. The van der Waals surface area contributed by atoms with Crippen LogP contribution in [0.15, 0.2) is 54.6 Å². The molecule has 2 aromatic carbocycles. The maximum Gasteiger partial charge on any atom is 0.245 e. The number of nitrogens with zero attached hydrogens (tertiary/aromatic N) is 1. The van der Waals surface area contributed by atoms with Gasteiger partial charge in [-0.05, 0) is 23.3 Å². The van der Waals surface area contributed by atoms with Crippen LogP contribution in [-0.4, -0.2) is 5.91 Å². The number of carbonyl (C=O) groups is 1. The second-order valence-corrected chi connectivity index (χ2v) is 4.41. The summed E-state index contributed by atoms with van der Waals surface area (Å²) in [6.07, 6.45) is 0.359. The number of hydrogen-bond donors (Lipinski definition) is 2. The molecule has 0 aromatic heterocycles. The van der Waals surface area contributed by atoms with Gasteiger partial charge in [-0.2, -0.15) is 5.26 Å². The Balaban J connectivity index is 2.03. The highest BCUT2D eigenvalue weighted by Crippen LogP contribution is 2.14. The van der Waals surface area contributed by atoms with Crippen molar-refractivity contribution >= 4 is 11.6 Å². The molecule has 0 saturated carbocycles. The number of anilines is 1. The van der Waals surface area contributed by atoms with Gasteiger partial charge >= 0.3 is 0 Å². The van der Waals surface area contributed by atoms with Crippen LogP contribution in [0.5, 0.6) is 0 Å². The molecule has 0 aliphatic carbocycles.